The summed E-state index contributed by atoms with van der Waals surface area (Å²) < 4.78 is 6.01. The molecule has 0 aromatic carbocycles. The third-order valence-electron chi connectivity index (χ3n) is 3.08. The number of aromatic amines is 1. The molecule has 7 heteroatoms. The largest absolute Gasteiger partial charge is 0.377 e. The second-order valence-electron chi connectivity index (χ2n) is 4.50. The molecule has 0 aliphatic carbocycles. The number of hydrogen-bond acceptors (Lipinski definition) is 5. The van der Waals surface area contributed by atoms with E-state index in [1.54, 1.807) is 0 Å². The highest BCUT2D eigenvalue weighted by Gasteiger charge is 2.26. The molecule has 0 radical (unpaired) electrons. The number of hydrogen-bond donors (Lipinski definition) is 2. The lowest BCUT2D eigenvalue weighted by Crippen LogP contribution is -2.51. The van der Waals surface area contributed by atoms with Crippen molar-refractivity contribution in [2.45, 2.75) is 19.4 Å². The fourth-order valence-corrected chi connectivity index (χ4v) is 2.57. The van der Waals surface area contributed by atoms with E-state index in [1.165, 1.54) is 6.33 Å². The van der Waals surface area contributed by atoms with Crippen LogP contribution in [0.1, 0.15) is 13.3 Å². The Kier molecular flexibility index (Phi) is 5.35. The van der Waals surface area contributed by atoms with E-state index in [-0.39, 0.29) is 11.6 Å². The zero-order valence-electron chi connectivity index (χ0n) is 11.0. The van der Waals surface area contributed by atoms with Gasteiger partial charge in [-0.25, -0.2) is 4.98 Å². The van der Waals surface area contributed by atoms with Gasteiger partial charge in [-0.15, -0.1) is 0 Å². The summed E-state index contributed by atoms with van der Waals surface area (Å²) in [6.07, 6.45) is 2.54. The first-order valence-electron chi connectivity index (χ1n) is 6.52. The van der Waals surface area contributed by atoms with Gasteiger partial charge in [0.05, 0.1) is 25.6 Å². The molecule has 1 fully saturated rings. The molecule has 2 N–H and O–H groups in total. The van der Waals surface area contributed by atoms with Crippen molar-refractivity contribution in [2.24, 2.45) is 0 Å². The van der Waals surface area contributed by atoms with Gasteiger partial charge < -0.3 is 19.9 Å². The minimum atomic E-state index is -0.156. The molecule has 0 bridgehead atoms. The van der Waals surface area contributed by atoms with Crippen LogP contribution in [0, 0.1) is 0 Å². The fourth-order valence-electron chi connectivity index (χ4n) is 2.12. The van der Waals surface area contributed by atoms with E-state index in [4.69, 9.17) is 4.74 Å². The number of H-pyrrole nitrogens is 1. The predicted octanol–water partition coefficient (Wildman–Crippen LogP) is 0.737. The van der Waals surface area contributed by atoms with E-state index in [0.717, 1.165) is 26.1 Å². The number of nitrogens with zero attached hydrogens (tertiary/aromatic N) is 2. The Balaban J connectivity index is 2.14. The van der Waals surface area contributed by atoms with Crippen LogP contribution in [0.15, 0.2) is 15.6 Å². The van der Waals surface area contributed by atoms with Crippen LogP contribution in [0.25, 0.3) is 0 Å². The van der Waals surface area contributed by atoms with Crippen molar-refractivity contribution in [1.82, 2.24) is 15.3 Å². The zero-order valence-corrected chi connectivity index (χ0v) is 12.6. The number of anilines is 1. The zero-order chi connectivity index (χ0) is 13.7. The first-order valence-corrected chi connectivity index (χ1v) is 7.31. The van der Waals surface area contributed by atoms with Gasteiger partial charge in [0, 0.05) is 13.1 Å². The van der Waals surface area contributed by atoms with Crippen LogP contribution in [0.2, 0.25) is 0 Å². The molecule has 1 unspecified atom stereocenters. The summed E-state index contributed by atoms with van der Waals surface area (Å²) in [4.78, 5) is 20.6. The topological polar surface area (TPSA) is 70.2 Å². The maximum atomic E-state index is 11.6. The van der Waals surface area contributed by atoms with Gasteiger partial charge in [-0.3, -0.25) is 4.79 Å². The molecule has 1 saturated heterocycles. The number of nitrogens with one attached hydrogen (secondary N) is 2. The number of ether oxygens (including phenoxy) is 1. The number of rotatable bonds is 5. The minimum absolute atomic E-state index is 0.156. The lowest BCUT2D eigenvalue weighted by atomic mass is 10.2. The number of aromatic nitrogens is 2. The van der Waals surface area contributed by atoms with Gasteiger partial charge >= 0.3 is 0 Å². The molecule has 106 valence electrons. The third kappa shape index (κ3) is 3.55. The second kappa shape index (κ2) is 7.02. The Morgan fingerprint density at radius 2 is 2.53 bits per heavy atom. The molecule has 0 amide bonds. The van der Waals surface area contributed by atoms with Gasteiger partial charge in [0.1, 0.15) is 4.47 Å². The summed E-state index contributed by atoms with van der Waals surface area (Å²) in [5.74, 6) is 0.690. The predicted molar refractivity (Wildman–Crippen MR) is 77.7 cm³/mol. The van der Waals surface area contributed by atoms with Gasteiger partial charge in [0.25, 0.3) is 5.56 Å². The van der Waals surface area contributed by atoms with E-state index < -0.39 is 0 Å². The maximum absolute atomic E-state index is 11.6. The van der Waals surface area contributed by atoms with Crippen LogP contribution < -0.4 is 15.8 Å². The van der Waals surface area contributed by atoms with Crippen LogP contribution in [-0.4, -0.2) is 48.9 Å². The Morgan fingerprint density at radius 3 is 3.32 bits per heavy atom. The SMILES string of the molecule is CCCNCC1COCCN1c1nc[nH]c(=O)c1Br. The van der Waals surface area contributed by atoms with E-state index in [1.807, 2.05) is 0 Å². The highest BCUT2D eigenvalue weighted by molar-refractivity contribution is 9.10. The molecule has 1 atom stereocenters. The quantitative estimate of drug-likeness (QED) is 0.779. The third-order valence-corrected chi connectivity index (χ3v) is 3.80. The molecule has 0 spiro atoms. The number of halogens is 1. The lowest BCUT2D eigenvalue weighted by molar-refractivity contribution is 0.0933. The van der Waals surface area contributed by atoms with Crippen molar-refractivity contribution >= 4 is 21.7 Å². The van der Waals surface area contributed by atoms with Crippen LogP contribution in [0.4, 0.5) is 5.82 Å². The smallest absolute Gasteiger partial charge is 0.267 e. The first kappa shape index (κ1) is 14.5. The summed E-state index contributed by atoms with van der Waals surface area (Å²) in [5.41, 5.74) is -0.156. The number of morpholine rings is 1. The molecular formula is C12H19BrN4O2. The summed E-state index contributed by atoms with van der Waals surface area (Å²) in [5, 5.41) is 3.39. The van der Waals surface area contributed by atoms with Crippen LogP contribution in [0.5, 0.6) is 0 Å². The summed E-state index contributed by atoms with van der Waals surface area (Å²) >= 11 is 3.32. The van der Waals surface area contributed by atoms with E-state index >= 15 is 0 Å². The molecule has 0 saturated carbocycles. The van der Waals surface area contributed by atoms with E-state index in [9.17, 15) is 4.79 Å². The summed E-state index contributed by atoms with van der Waals surface area (Å²) in [6, 6.07) is 0.200. The Hall–Kier alpha value is -0.920. The highest BCUT2D eigenvalue weighted by Crippen LogP contribution is 2.22. The van der Waals surface area contributed by atoms with Crippen LogP contribution in [0.3, 0.4) is 0 Å². The fraction of sp³-hybridized carbons (Fsp3) is 0.667. The first-order chi connectivity index (χ1) is 9.24. The Morgan fingerprint density at radius 1 is 1.68 bits per heavy atom. The van der Waals surface area contributed by atoms with Crippen molar-refractivity contribution in [3.8, 4) is 0 Å². The normalized spacial score (nSPS) is 19.7. The second-order valence-corrected chi connectivity index (χ2v) is 5.29. The minimum Gasteiger partial charge on any atom is -0.377 e. The molecule has 2 heterocycles. The van der Waals surface area contributed by atoms with Crippen molar-refractivity contribution in [1.29, 1.82) is 0 Å². The molecule has 1 aliphatic heterocycles. The van der Waals surface area contributed by atoms with Crippen molar-refractivity contribution in [3.63, 3.8) is 0 Å². The molecule has 1 aromatic heterocycles. The summed E-state index contributed by atoms with van der Waals surface area (Å²) in [6.45, 7) is 6.00. The molecule has 1 aromatic rings. The van der Waals surface area contributed by atoms with E-state index in [2.05, 4.69) is 43.0 Å². The average molecular weight is 331 g/mol. The Bertz CT molecular complexity index is 465. The highest BCUT2D eigenvalue weighted by atomic mass is 79.9. The molecule has 2 rings (SSSR count). The molecule has 1 aliphatic rings. The lowest BCUT2D eigenvalue weighted by Gasteiger charge is -2.36. The van der Waals surface area contributed by atoms with Crippen LogP contribution >= 0.6 is 15.9 Å². The van der Waals surface area contributed by atoms with Gasteiger partial charge in [-0.05, 0) is 28.9 Å². The molecule has 6 nitrogen and oxygen atoms in total. The van der Waals surface area contributed by atoms with Crippen molar-refractivity contribution in [2.75, 3.05) is 37.7 Å². The average Bonchev–Trinajstić information content (AvgIpc) is 2.43. The molecular weight excluding hydrogens is 312 g/mol. The van der Waals surface area contributed by atoms with E-state index in [0.29, 0.717) is 23.5 Å². The van der Waals surface area contributed by atoms with Crippen molar-refractivity contribution < 1.29 is 4.74 Å². The standard InChI is InChI=1S/C12H19BrN4O2/c1-2-3-14-6-9-7-19-5-4-17(9)11-10(13)12(18)16-8-15-11/h8-9,14H,2-7H2,1H3,(H,15,16,18). The Labute approximate surface area is 120 Å². The van der Waals surface area contributed by atoms with Gasteiger partial charge in [0.15, 0.2) is 5.82 Å². The summed E-state index contributed by atoms with van der Waals surface area (Å²) in [7, 11) is 0. The monoisotopic (exact) mass is 330 g/mol. The van der Waals surface area contributed by atoms with Gasteiger partial charge in [-0.1, -0.05) is 6.92 Å². The van der Waals surface area contributed by atoms with Gasteiger partial charge in [-0.2, -0.15) is 0 Å². The van der Waals surface area contributed by atoms with Crippen LogP contribution in [-0.2, 0) is 4.74 Å². The maximum Gasteiger partial charge on any atom is 0.267 e. The van der Waals surface area contributed by atoms with Crippen molar-refractivity contribution in [3.05, 3.63) is 21.2 Å². The van der Waals surface area contributed by atoms with Gasteiger partial charge in [0.2, 0.25) is 0 Å². The molecule has 19 heavy (non-hydrogen) atoms.